The van der Waals surface area contributed by atoms with Gasteiger partial charge < -0.3 is 10.6 Å². The van der Waals surface area contributed by atoms with Gasteiger partial charge in [0.15, 0.2) is 5.69 Å². The molecule has 1 aliphatic heterocycles. The minimum atomic E-state index is -0.291. The normalized spacial score (nSPS) is 16.8. The van der Waals surface area contributed by atoms with Crippen LogP contribution < -0.4 is 10.6 Å². The lowest BCUT2D eigenvalue weighted by atomic mass is 9.81. The molecule has 1 aliphatic rings. The van der Waals surface area contributed by atoms with Crippen molar-refractivity contribution in [2.45, 2.75) is 26.3 Å². The molecule has 6 nitrogen and oxygen atoms in total. The number of hydrogen-bond donors (Lipinski definition) is 2. The number of amides is 1. The number of piperidine rings is 1. The van der Waals surface area contributed by atoms with Crippen molar-refractivity contribution in [2.24, 2.45) is 5.41 Å². The van der Waals surface area contributed by atoms with Gasteiger partial charge in [-0.15, -0.1) is 5.10 Å². The summed E-state index contributed by atoms with van der Waals surface area (Å²) in [6.45, 7) is 5.16. The Labute approximate surface area is 140 Å². The highest BCUT2D eigenvalue weighted by Crippen LogP contribution is 2.26. The SMILES string of the molecule is CC1(CNC(=O)c2cn(Cc3cccc(F)c3)nn2)CCNCC1. The van der Waals surface area contributed by atoms with Gasteiger partial charge in [-0.1, -0.05) is 24.3 Å². The summed E-state index contributed by atoms with van der Waals surface area (Å²) in [4.78, 5) is 12.2. The molecule has 2 aromatic rings. The Morgan fingerprint density at radius 1 is 1.42 bits per heavy atom. The van der Waals surface area contributed by atoms with Gasteiger partial charge in [0.05, 0.1) is 12.7 Å². The molecule has 0 unspecified atom stereocenters. The Morgan fingerprint density at radius 3 is 2.96 bits per heavy atom. The minimum absolute atomic E-state index is 0.123. The molecule has 128 valence electrons. The van der Waals surface area contributed by atoms with E-state index in [2.05, 4.69) is 27.9 Å². The van der Waals surface area contributed by atoms with Crippen LogP contribution in [0, 0.1) is 11.2 Å². The number of benzene rings is 1. The summed E-state index contributed by atoms with van der Waals surface area (Å²) in [5.74, 6) is -0.513. The van der Waals surface area contributed by atoms with Gasteiger partial charge in [-0.2, -0.15) is 0 Å². The third-order valence-corrected chi connectivity index (χ3v) is 4.49. The summed E-state index contributed by atoms with van der Waals surface area (Å²) in [6.07, 6.45) is 3.67. The average molecular weight is 331 g/mol. The zero-order valence-corrected chi connectivity index (χ0v) is 13.8. The van der Waals surface area contributed by atoms with Crippen LogP contribution in [0.15, 0.2) is 30.5 Å². The quantitative estimate of drug-likeness (QED) is 0.873. The van der Waals surface area contributed by atoms with Crippen molar-refractivity contribution in [1.29, 1.82) is 0 Å². The Bertz CT molecular complexity index is 709. The summed E-state index contributed by atoms with van der Waals surface area (Å²) >= 11 is 0. The molecule has 0 radical (unpaired) electrons. The zero-order valence-electron chi connectivity index (χ0n) is 13.8. The third kappa shape index (κ3) is 4.17. The van der Waals surface area contributed by atoms with E-state index in [4.69, 9.17) is 0 Å². The second kappa shape index (κ2) is 7.09. The van der Waals surface area contributed by atoms with Crippen molar-refractivity contribution >= 4 is 5.91 Å². The van der Waals surface area contributed by atoms with E-state index >= 15 is 0 Å². The van der Waals surface area contributed by atoms with Gasteiger partial charge >= 0.3 is 0 Å². The number of aromatic nitrogens is 3. The maximum absolute atomic E-state index is 13.2. The molecule has 2 N–H and O–H groups in total. The number of carbonyl (C=O) groups is 1. The molecule has 1 fully saturated rings. The molecule has 1 aromatic heterocycles. The molecule has 7 heteroatoms. The van der Waals surface area contributed by atoms with Gasteiger partial charge in [0.2, 0.25) is 0 Å². The smallest absolute Gasteiger partial charge is 0.273 e. The Morgan fingerprint density at radius 2 is 2.21 bits per heavy atom. The lowest BCUT2D eigenvalue weighted by molar-refractivity contribution is 0.0917. The van der Waals surface area contributed by atoms with E-state index < -0.39 is 0 Å². The summed E-state index contributed by atoms with van der Waals surface area (Å²) in [5, 5.41) is 14.1. The number of rotatable bonds is 5. The Hall–Kier alpha value is -2.28. The second-order valence-electron chi connectivity index (χ2n) is 6.67. The first-order valence-electron chi connectivity index (χ1n) is 8.18. The topological polar surface area (TPSA) is 71.8 Å². The van der Waals surface area contributed by atoms with E-state index in [0.29, 0.717) is 13.1 Å². The molecule has 0 saturated carbocycles. The summed E-state index contributed by atoms with van der Waals surface area (Å²) in [7, 11) is 0. The van der Waals surface area contributed by atoms with Gasteiger partial charge in [0.25, 0.3) is 5.91 Å². The van der Waals surface area contributed by atoms with Gasteiger partial charge in [0, 0.05) is 6.54 Å². The highest BCUT2D eigenvalue weighted by atomic mass is 19.1. The number of nitrogens with one attached hydrogen (secondary N) is 2. The van der Waals surface area contributed by atoms with Crippen molar-refractivity contribution in [3.63, 3.8) is 0 Å². The average Bonchev–Trinajstić information content (AvgIpc) is 3.02. The van der Waals surface area contributed by atoms with Gasteiger partial charge in [0.1, 0.15) is 5.82 Å². The maximum Gasteiger partial charge on any atom is 0.273 e. The lowest BCUT2D eigenvalue weighted by Crippen LogP contribution is -2.43. The van der Waals surface area contributed by atoms with E-state index in [1.54, 1.807) is 12.3 Å². The monoisotopic (exact) mass is 331 g/mol. The van der Waals surface area contributed by atoms with Crippen LogP contribution in [-0.2, 0) is 6.54 Å². The van der Waals surface area contributed by atoms with Crippen molar-refractivity contribution < 1.29 is 9.18 Å². The van der Waals surface area contributed by atoms with Gasteiger partial charge in [-0.05, 0) is 49.0 Å². The molecule has 0 spiro atoms. The molecular weight excluding hydrogens is 309 g/mol. The zero-order chi connectivity index (χ0) is 17.0. The predicted molar refractivity (Wildman–Crippen MR) is 88.1 cm³/mol. The molecule has 1 saturated heterocycles. The van der Waals surface area contributed by atoms with E-state index in [1.807, 2.05) is 6.07 Å². The minimum Gasteiger partial charge on any atom is -0.350 e. The van der Waals surface area contributed by atoms with Crippen molar-refractivity contribution in [3.05, 3.63) is 47.5 Å². The molecule has 0 aliphatic carbocycles. The molecule has 1 amide bonds. The van der Waals surface area contributed by atoms with Crippen LogP contribution in [0.1, 0.15) is 35.8 Å². The van der Waals surface area contributed by atoms with Gasteiger partial charge in [-0.3, -0.25) is 4.79 Å². The number of halogens is 1. The molecule has 24 heavy (non-hydrogen) atoms. The van der Waals surface area contributed by atoms with Gasteiger partial charge in [-0.25, -0.2) is 9.07 Å². The Balaban J connectivity index is 1.57. The number of carbonyl (C=O) groups excluding carboxylic acids is 1. The largest absolute Gasteiger partial charge is 0.350 e. The van der Waals surface area contributed by atoms with Crippen LogP contribution in [0.2, 0.25) is 0 Å². The molecule has 0 bridgehead atoms. The van der Waals surface area contributed by atoms with E-state index in [1.165, 1.54) is 16.8 Å². The maximum atomic E-state index is 13.2. The lowest BCUT2D eigenvalue weighted by Gasteiger charge is -2.33. The highest BCUT2D eigenvalue weighted by Gasteiger charge is 2.27. The summed E-state index contributed by atoms with van der Waals surface area (Å²) < 4.78 is 14.7. The summed E-state index contributed by atoms with van der Waals surface area (Å²) in [5.41, 5.74) is 1.18. The van der Waals surface area contributed by atoms with Crippen LogP contribution in [0.3, 0.4) is 0 Å². The predicted octanol–water partition coefficient (Wildman–Crippen LogP) is 1.58. The van der Waals surface area contributed by atoms with Crippen LogP contribution in [0.5, 0.6) is 0 Å². The van der Waals surface area contributed by atoms with Crippen LogP contribution in [0.4, 0.5) is 4.39 Å². The third-order valence-electron chi connectivity index (χ3n) is 4.49. The van der Waals surface area contributed by atoms with E-state index in [0.717, 1.165) is 31.5 Å². The molecule has 1 aromatic carbocycles. The fourth-order valence-electron chi connectivity index (χ4n) is 2.89. The first kappa shape index (κ1) is 16.6. The second-order valence-corrected chi connectivity index (χ2v) is 6.67. The van der Waals surface area contributed by atoms with Crippen LogP contribution in [0.25, 0.3) is 0 Å². The fraction of sp³-hybridized carbons (Fsp3) is 0.471. The van der Waals surface area contributed by atoms with Crippen molar-refractivity contribution in [3.8, 4) is 0 Å². The van der Waals surface area contributed by atoms with Crippen molar-refractivity contribution in [2.75, 3.05) is 19.6 Å². The molecule has 3 rings (SSSR count). The first-order valence-corrected chi connectivity index (χ1v) is 8.18. The fourth-order valence-corrected chi connectivity index (χ4v) is 2.89. The summed E-state index contributed by atoms with van der Waals surface area (Å²) in [6, 6.07) is 6.29. The number of hydrogen-bond acceptors (Lipinski definition) is 4. The molecule has 0 atom stereocenters. The molecular formula is C17H22FN5O. The first-order chi connectivity index (χ1) is 11.5. The number of nitrogens with zero attached hydrogens (tertiary/aromatic N) is 3. The Kier molecular flexibility index (Phi) is 4.89. The van der Waals surface area contributed by atoms with Crippen LogP contribution in [-0.4, -0.2) is 40.5 Å². The standard InChI is InChI=1S/C17H22FN5O/c1-17(5-7-19-8-6-17)12-20-16(24)15-11-23(22-21-15)10-13-3-2-4-14(18)9-13/h2-4,9,11,19H,5-8,10,12H2,1H3,(H,20,24). The van der Waals surface area contributed by atoms with Crippen LogP contribution >= 0.6 is 0 Å². The van der Waals surface area contributed by atoms with Crippen molar-refractivity contribution in [1.82, 2.24) is 25.6 Å². The molecule has 2 heterocycles. The van der Waals surface area contributed by atoms with E-state index in [9.17, 15) is 9.18 Å². The van der Waals surface area contributed by atoms with E-state index in [-0.39, 0.29) is 22.8 Å². The highest BCUT2D eigenvalue weighted by molar-refractivity contribution is 5.91.